The number of ether oxygens (including phenoxy) is 1. The molecule has 0 aliphatic heterocycles. The fourth-order valence-electron chi connectivity index (χ4n) is 2.73. The predicted octanol–water partition coefficient (Wildman–Crippen LogP) is 4.13. The minimum Gasteiger partial charge on any atom is -0.493 e. The Labute approximate surface area is 118 Å². The highest BCUT2D eigenvalue weighted by atomic mass is 79.9. The first-order chi connectivity index (χ1) is 8.60. The Morgan fingerprint density at radius 3 is 3.00 bits per heavy atom. The molecular weight excluding hydrogens is 290 g/mol. The molecule has 100 valence electrons. The molecule has 0 bridgehead atoms. The highest BCUT2D eigenvalue weighted by molar-refractivity contribution is 9.10. The summed E-state index contributed by atoms with van der Waals surface area (Å²) in [7, 11) is 0. The van der Waals surface area contributed by atoms with Crippen molar-refractivity contribution < 1.29 is 4.74 Å². The standard InChI is InChI=1S/C15H22BrNO/c1-12-5-2-3-8-15(12,17)9-10-18-14-7-4-6-13(16)11-14/h4,6-7,11-12H,2-3,5,8-10,17H2,1H3. The van der Waals surface area contributed by atoms with Crippen LogP contribution in [-0.4, -0.2) is 12.1 Å². The van der Waals surface area contributed by atoms with Crippen LogP contribution in [-0.2, 0) is 0 Å². The van der Waals surface area contributed by atoms with E-state index in [4.69, 9.17) is 10.5 Å². The lowest BCUT2D eigenvalue weighted by molar-refractivity contribution is 0.159. The van der Waals surface area contributed by atoms with Gasteiger partial charge in [0.25, 0.3) is 0 Å². The molecule has 18 heavy (non-hydrogen) atoms. The van der Waals surface area contributed by atoms with Crippen molar-refractivity contribution in [3.63, 3.8) is 0 Å². The van der Waals surface area contributed by atoms with Gasteiger partial charge in [-0.2, -0.15) is 0 Å². The van der Waals surface area contributed by atoms with E-state index in [2.05, 4.69) is 22.9 Å². The van der Waals surface area contributed by atoms with E-state index in [0.29, 0.717) is 12.5 Å². The van der Waals surface area contributed by atoms with Crippen molar-refractivity contribution in [3.8, 4) is 5.75 Å². The summed E-state index contributed by atoms with van der Waals surface area (Å²) in [4.78, 5) is 0. The highest BCUT2D eigenvalue weighted by Gasteiger charge is 2.33. The molecule has 2 nitrogen and oxygen atoms in total. The molecule has 2 N–H and O–H groups in total. The topological polar surface area (TPSA) is 35.2 Å². The van der Waals surface area contributed by atoms with Crippen molar-refractivity contribution in [1.29, 1.82) is 0 Å². The molecule has 0 amide bonds. The third-order valence-electron chi connectivity index (χ3n) is 4.14. The highest BCUT2D eigenvalue weighted by Crippen LogP contribution is 2.34. The minimum atomic E-state index is -0.0235. The van der Waals surface area contributed by atoms with Crippen LogP contribution in [0.4, 0.5) is 0 Å². The Kier molecular flexibility index (Phi) is 4.68. The van der Waals surface area contributed by atoms with Crippen LogP contribution in [0.3, 0.4) is 0 Å². The van der Waals surface area contributed by atoms with Gasteiger partial charge in [-0.15, -0.1) is 0 Å². The van der Waals surface area contributed by atoms with Crippen molar-refractivity contribution >= 4 is 15.9 Å². The van der Waals surface area contributed by atoms with Crippen molar-refractivity contribution in [2.45, 2.75) is 44.6 Å². The summed E-state index contributed by atoms with van der Waals surface area (Å²) in [6.07, 6.45) is 5.93. The average molecular weight is 312 g/mol. The Morgan fingerprint density at radius 2 is 2.28 bits per heavy atom. The third-order valence-corrected chi connectivity index (χ3v) is 4.64. The van der Waals surface area contributed by atoms with Crippen LogP contribution in [0.2, 0.25) is 0 Å². The van der Waals surface area contributed by atoms with Crippen molar-refractivity contribution in [2.75, 3.05) is 6.61 Å². The van der Waals surface area contributed by atoms with Gasteiger partial charge >= 0.3 is 0 Å². The van der Waals surface area contributed by atoms with E-state index in [1.807, 2.05) is 24.3 Å². The second-order valence-corrected chi connectivity index (χ2v) is 6.35. The van der Waals surface area contributed by atoms with Crippen LogP contribution < -0.4 is 10.5 Å². The summed E-state index contributed by atoms with van der Waals surface area (Å²) >= 11 is 3.45. The van der Waals surface area contributed by atoms with E-state index in [0.717, 1.165) is 23.1 Å². The number of halogens is 1. The summed E-state index contributed by atoms with van der Waals surface area (Å²) in [5, 5.41) is 0. The Balaban J connectivity index is 1.84. The lowest BCUT2D eigenvalue weighted by Gasteiger charge is -2.39. The molecule has 2 unspecified atom stereocenters. The zero-order valence-corrected chi connectivity index (χ0v) is 12.6. The molecule has 0 saturated heterocycles. The van der Waals surface area contributed by atoms with Crippen LogP contribution in [0.5, 0.6) is 5.75 Å². The van der Waals surface area contributed by atoms with Gasteiger partial charge in [-0.3, -0.25) is 0 Å². The Bertz CT molecular complexity index is 396. The fourth-order valence-corrected chi connectivity index (χ4v) is 3.10. The molecule has 2 atom stereocenters. The molecule has 1 saturated carbocycles. The molecule has 0 heterocycles. The summed E-state index contributed by atoms with van der Waals surface area (Å²) in [6, 6.07) is 7.97. The van der Waals surface area contributed by atoms with E-state index >= 15 is 0 Å². The molecule has 2 rings (SSSR count). The fraction of sp³-hybridized carbons (Fsp3) is 0.600. The monoisotopic (exact) mass is 311 g/mol. The van der Waals surface area contributed by atoms with Crippen molar-refractivity contribution in [2.24, 2.45) is 11.7 Å². The van der Waals surface area contributed by atoms with Crippen LogP contribution in [0.25, 0.3) is 0 Å². The summed E-state index contributed by atoms with van der Waals surface area (Å²) < 4.78 is 6.84. The summed E-state index contributed by atoms with van der Waals surface area (Å²) in [5.41, 5.74) is 6.48. The van der Waals surface area contributed by atoms with E-state index in [1.54, 1.807) is 0 Å². The van der Waals surface area contributed by atoms with Crippen LogP contribution in [0.1, 0.15) is 39.0 Å². The quantitative estimate of drug-likeness (QED) is 0.907. The maximum Gasteiger partial charge on any atom is 0.120 e. The molecule has 1 aromatic carbocycles. The summed E-state index contributed by atoms with van der Waals surface area (Å²) in [6.45, 7) is 2.98. The van der Waals surface area contributed by atoms with Crippen LogP contribution in [0, 0.1) is 5.92 Å². The molecule has 1 aromatic rings. The summed E-state index contributed by atoms with van der Waals surface area (Å²) in [5.74, 6) is 1.52. The molecule has 3 heteroatoms. The van der Waals surface area contributed by atoms with Gasteiger partial charge in [0.2, 0.25) is 0 Å². The number of hydrogen-bond donors (Lipinski definition) is 1. The number of hydrogen-bond acceptors (Lipinski definition) is 2. The van der Waals surface area contributed by atoms with Crippen LogP contribution >= 0.6 is 15.9 Å². The van der Waals surface area contributed by atoms with Gasteiger partial charge in [0.1, 0.15) is 5.75 Å². The Hall–Kier alpha value is -0.540. The predicted molar refractivity (Wildman–Crippen MR) is 78.8 cm³/mol. The average Bonchev–Trinajstić information content (AvgIpc) is 2.33. The first-order valence-corrected chi connectivity index (χ1v) is 7.57. The Morgan fingerprint density at radius 1 is 1.44 bits per heavy atom. The normalized spacial score (nSPS) is 28.1. The van der Waals surface area contributed by atoms with Gasteiger partial charge in [0.15, 0.2) is 0 Å². The van der Waals surface area contributed by atoms with Crippen molar-refractivity contribution in [3.05, 3.63) is 28.7 Å². The minimum absolute atomic E-state index is 0.0235. The van der Waals surface area contributed by atoms with E-state index < -0.39 is 0 Å². The third kappa shape index (κ3) is 3.48. The first kappa shape index (κ1) is 13.9. The molecular formula is C15H22BrNO. The van der Waals surface area contributed by atoms with Crippen LogP contribution in [0.15, 0.2) is 28.7 Å². The molecule has 1 aliphatic rings. The van der Waals surface area contributed by atoms with Gasteiger partial charge in [-0.1, -0.05) is 41.8 Å². The number of benzene rings is 1. The van der Waals surface area contributed by atoms with E-state index in [1.165, 1.54) is 19.3 Å². The lowest BCUT2D eigenvalue weighted by Crippen LogP contribution is -2.49. The zero-order chi connectivity index (χ0) is 13.0. The van der Waals surface area contributed by atoms with Gasteiger partial charge < -0.3 is 10.5 Å². The number of rotatable bonds is 4. The van der Waals surface area contributed by atoms with Gasteiger partial charge in [-0.05, 0) is 43.4 Å². The molecule has 0 aromatic heterocycles. The van der Waals surface area contributed by atoms with E-state index in [-0.39, 0.29) is 5.54 Å². The van der Waals surface area contributed by atoms with Gasteiger partial charge in [0, 0.05) is 10.0 Å². The lowest BCUT2D eigenvalue weighted by atomic mass is 9.73. The largest absolute Gasteiger partial charge is 0.493 e. The maximum atomic E-state index is 6.51. The van der Waals surface area contributed by atoms with Crippen molar-refractivity contribution in [1.82, 2.24) is 0 Å². The maximum absolute atomic E-state index is 6.51. The molecule has 1 fully saturated rings. The van der Waals surface area contributed by atoms with Gasteiger partial charge in [-0.25, -0.2) is 0 Å². The zero-order valence-electron chi connectivity index (χ0n) is 11.0. The van der Waals surface area contributed by atoms with E-state index in [9.17, 15) is 0 Å². The first-order valence-electron chi connectivity index (χ1n) is 6.77. The second-order valence-electron chi connectivity index (χ2n) is 5.44. The SMILES string of the molecule is CC1CCCCC1(N)CCOc1cccc(Br)c1. The smallest absolute Gasteiger partial charge is 0.120 e. The number of nitrogens with two attached hydrogens (primary N) is 1. The molecule has 1 aliphatic carbocycles. The molecule has 0 radical (unpaired) electrons. The second kappa shape index (κ2) is 6.07. The molecule has 0 spiro atoms. The van der Waals surface area contributed by atoms with Gasteiger partial charge in [0.05, 0.1) is 6.61 Å².